The van der Waals surface area contributed by atoms with Gasteiger partial charge >= 0.3 is 0 Å². The van der Waals surface area contributed by atoms with Crippen molar-refractivity contribution in [2.75, 3.05) is 6.54 Å². The van der Waals surface area contributed by atoms with Crippen LogP contribution in [0.15, 0.2) is 12.1 Å². The van der Waals surface area contributed by atoms with E-state index < -0.39 is 0 Å². The van der Waals surface area contributed by atoms with Crippen LogP contribution in [0.3, 0.4) is 0 Å². The fraction of sp³-hybridized carbons (Fsp3) is 0.714. The quantitative estimate of drug-likeness (QED) is 0.816. The molecule has 2 heteroatoms. The van der Waals surface area contributed by atoms with E-state index in [1.807, 2.05) is 11.3 Å². The zero-order chi connectivity index (χ0) is 11.8. The molecular formula is C14H23NS. The van der Waals surface area contributed by atoms with Crippen LogP contribution in [0.5, 0.6) is 0 Å². The molecule has 1 N–H and O–H groups in total. The highest BCUT2D eigenvalue weighted by Crippen LogP contribution is 2.51. The Kier molecular flexibility index (Phi) is 3.41. The molecule has 90 valence electrons. The Morgan fingerprint density at radius 1 is 1.50 bits per heavy atom. The third-order valence-electron chi connectivity index (χ3n) is 3.85. The highest BCUT2D eigenvalue weighted by molar-refractivity contribution is 7.12. The van der Waals surface area contributed by atoms with Crippen molar-refractivity contribution in [2.24, 2.45) is 11.3 Å². The number of hydrogen-bond donors (Lipinski definition) is 1. The van der Waals surface area contributed by atoms with Gasteiger partial charge in [0, 0.05) is 15.8 Å². The van der Waals surface area contributed by atoms with Crippen molar-refractivity contribution in [1.82, 2.24) is 5.32 Å². The Bertz CT molecular complexity index is 353. The van der Waals surface area contributed by atoms with E-state index >= 15 is 0 Å². The molecule has 1 aromatic heterocycles. The summed E-state index contributed by atoms with van der Waals surface area (Å²) in [7, 11) is 0. The fourth-order valence-electron chi connectivity index (χ4n) is 2.16. The van der Waals surface area contributed by atoms with Crippen molar-refractivity contribution in [3.8, 4) is 0 Å². The molecule has 0 aromatic carbocycles. The van der Waals surface area contributed by atoms with Crippen LogP contribution in [0, 0.1) is 11.3 Å². The number of hydrogen-bond acceptors (Lipinski definition) is 2. The van der Waals surface area contributed by atoms with Gasteiger partial charge in [0.2, 0.25) is 0 Å². The minimum Gasteiger partial charge on any atom is -0.309 e. The molecule has 1 fully saturated rings. The predicted octanol–water partition coefficient (Wildman–Crippen LogP) is 4.01. The van der Waals surface area contributed by atoms with Crippen molar-refractivity contribution in [3.63, 3.8) is 0 Å². The SMILES string of the molecule is CCc1ccc(C(C)NCC2CC2(C)C)s1. The first-order valence-electron chi connectivity index (χ1n) is 6.35. The van der Waals surface area contributed by atoms with Crippen LogP contribution in [0.2, 0.25) is 0 Å². The van der Waals surface area contributed by atoms with Crippen LogP contribution in [0.1, 0.15) is 49.9 Å². The number of thiophene rings is 1. The smallest absolute Gasteiger partial charge is 0.0386 e. The van der Waals surface area contributed by atoms with Crippen molar-refractivity contribution in [3.05, 3.63) is 21.9 Å². The predicted molar refractivity (Wildman–Crippen MR) is 72.0 cm³/mol. The maximum Gasteiger partial charge on any atom is 0.0386 e. The lowest BCUT2D eigenvalue weighted by Gasteiger charge is -2.12. The van der Waals surface area contributed by atoms with Gasteiger partial charge < -0.3 is 5.32 Å². The standard InChI is InChI=1S/C14H23NS/c1-5-12-6-7-13(16-12)10(2)15-9-11-8-14(11,3)4/h6-7,10-11,15H,5,8-9H2,1-4H3. The van der Waals surface area contributed by atoms with Gasteiger partial charge in [-0.1, -0.05) is 20.8 Å². The Morgan fingerprint density at radius 3 is 2.69 bits per heavy atom. The number of nitrogens with one attached hydrogen (secondary N) is 1. The summed E-state index contributed by atoms with van der Waals surface area (Å²) in [5.74, 6) is 0.889. The Hall–Kier alpha value is -0.340. The molecule has 0 spiro atoms. The molecule has 1 aliphatic carbocycles. The van der Waals surface area contributed by atoms with Crippen molar-refractivity contribution in [2.45, 2.75) is 46.6 Å². The van der Waals surface area contributed by atoms with Crippen LogP contribution < -0.4 is 5.32 Å². The van der Waals surface area contributed by atoms with Gasteiger partial charge in [-0.2, -0.15) is 0 Å². The van der Waals surface area contributed by atoms with Gasteiger partial charge in [-0.05, 0) is 49.8 Å². The van der Waals surface area contributed by atoms with Crippen LogP contribution in [0.25, 0.3) is 0 Å². The van der Waals surface area contributed by atoms with Crippen molar-refractivity contribution < 1.29 is 0 Å². The summed E-state index contributed by atoms with van der Waals surface area (Å²) in [6.07, 6.45) is 2.55. The lowest BCUT2D eigenvalue weighted by molar-refractivity contribution is 0.488. The lowest BCUT2D eigenvalue weighted by Crippen LogP contribution is -2.21. The molecular weight excluding hydrogens is 214 g/mol. The molecule has 0 radical (unpaired) electrons. The molecule has 0 bridgehead atoms. The number of aryl methyl sites for hydroxylation is 1. The van der Waals surface area contributed by atoms with Gasteiger partial charge in [-0.15, -0.1) is 11.3 Å². The summed E-state index contributed by atoms with van der Waals surface area (Å²) in [6, 6.07) is 5.06. The van der Waals surface area contributed by atoms with E-state index in [2.05, 4.69) is 45.1 Å². The molecule has 1 aromatic rings. The fourth-order valence-corrected chi connectivity index (χ4v) is 3.14. The summed E-state index contributed by atoms with van der Waals surface area (Å²) < 4.78 is 0. The van der Waals surface area contributed by atoms with Gasteiger partial charge in [0.05, 0.1) is 0 Å². The van der Waals surface area contributed by atoms with Gasteiger partial charge in [-0.3, -0.25) is 0 Å². The normalized spacial score (nSPS) is 24.4. The molecule has 0 amide bonds. The second kappa shape index (κ2) is 4.50. The molecule has 2 rings (SSSR count). The molecule has 2 unspecified atom stereocenters. The summed E-state index contributed by atoms with van der Waals surface area (Å²) in [5, 5.41) is 3.66. The summed E-state index contributed by atoms with van der Waals surface area (Å²) in [5.41, 5.74) is 0.594. The molecule has 1 heterocycles. The molecule has 0 aliphatic heterocycles. The van der Waals surface area contributed by atoms with Gasteiger partial charge in [-0.25, -0.2) is 0 Å². The maximum atomic E-state index is 3.66. The molecule has 0 saturated heterocycles. The second-order valence-electron chi connectivity index (χ2n) is 5.68. The van der Waals surface area contributed by atoms with Crippen molar-refractivity contribution in [1.29, 1.82) is 0 Å². The van der Waals surface area contributed by atoms with Gasteiger partial charge in [0.25, 0.3) is 0 Å². The summed E-state index contributed by atoms with van der Waals surface area (Å²) in [4.78, 5) is 2.98. The largest absolute Gasteiger partial charge is 0.309 e. The third-order valence-corrected chi connectivity index (χ3v) is 5.26. The highest BCUT2D eigenvalue weighted by atomic mass is 32.1. The van der Waals surface area contributed by atoms with E-state index in [1.54, 1.807) is 0 Å². The average Bonchev–Trinajstić information content (AvgIpc) is 2.69. The van der Waals surface area contributed by atoms with Gasteiger partial charge in [0.15, 0.2) is 0 Å². The molecule has 2 atom stereocenters. The van der Waals surface area contributed by atoms with Crippen LogP contribution in [-0.4, -0.2) is 6.54 Å². The Morgan fingerprint density at radius 2 is 2.19 bits per heavy atom. The van der Waals surface area contributed by atoms with Crippen molar-refractivity contribution >= 4 is 11.3 Å². The molecule has 1 saturated carbocycles. The molecule has 16 heavy (non-hydrogen) atoms. The zero-order valence-electron chi connectivity index (χ0n) is 10.8. The minimum atomic E-state index is 0.515. The first-order chi connectivity index (χ1) is 7.53. The summed E-state index contributed by atoms with van der Waals surface area (Å²) in [6.45, 7) is 10.4. The third kappa shape index (κ3) is 2.67. The minimum absolute atomic E-state index is 0.515. The lowest BCUT2D eigenvalue weighted by atomic mass is 10.1. The topological polar surface area (TPSA) is 12.0 Å². The summed E-state index contributed by atoms with van der Waals surface area (Å²) >= 11 is 1.95. The van der Waals surface area contributed by atoms with E-state index in [0.29, 0.717) is 11.5 Å². The van der Waals surface area contributed by atoms with E-state index in [9.17, 15) is 0 Å². The molecule has 1 aliphatic rings. The van der Waals surface area contributed by atoms with Crippen LogP contribution in [0.4, 0.5) is 0 Å². The molecule has 1 nitrogen and oxygen atoms in total. The van der Waals surface area contributed by atoms with E-state index in [1.165, 1.54) is 22.7 Å². The second-order valence-corrected chi connectivity index (χ2v) is 6.88. The Balaban J connectivity index is 1.81. The zero-order valence-corrected chi connectivity index (χ0v) is 11.7. The maximum absolute atomic E-state index is 3.66. The Labute approximate surface area is 103 Å². The van der Waals surface area contributed by atoms with Gasteiger partial charge in [0.1, 0.15) is 0 Å². The monoisotopic (exact) mass is 237 g/mol. The first kappa shape index (κ1) is 12.1. The van der Waals surface area contributed by atoms with Crippen LogP contribution in [-0.2, 0) is 6.42 Å². The first-order valence-corrected chi connectivity index (χ1v) is 7.16. The van der Waals surface area contributed by atoms with E-state index in [0.717, 1.165) is 12.3 Å². The van der Waals surface area contributed by atoms with E-state index in [-0.39, 0.29) is 0 Å². The highest BCUT2D eigenvalue weighted by Gasteiger charge is 2.44. The van der Waals surface area contributed by atoms with E-state index in [4.69, 9.17) is 0 Å². The number of rotatable bonds is 5. The van der Waals surface area contributed by atoms with Crippen LogP contribution >= 0.6 is 11.3 Å². The average molecular weight is 237 g/mol.